The summed E-state index contributed by atoms with van der Waals surface area (Å²) in [5.74, 6) is 0.873. The van der Waals surface area contributed by atoms with Crippen LogP contribution in [0.2, 0.25) is 0 Å². The minimum atomic E-state index is -0.936. The van der Waals surface area contributed by atoms with Gasteiger partial charge in [-0.3, -0.25) is 14.4 Å². The molecule has 0 radical (unpaired) electrons. The van der Waals surface area contributed by atoms with Crippen LogP contribution >= 0.6 is 11.3 Å². The molecule has 0 aliphatic rings. The molecule has 1 aromatic carbocycles. The van der Waals surface area contributed by atoms with Gasteiger partial charge < -0.3 is 9.73 Å². The molecule has 0 spiro atoms. The zero-order chi connectivity index (χ0) is 21.3. The first-order valence-corrected chi connectivity index (χ1v) is 9.88. The molecular formula is C23H21NO4S. The second-order valence-corrected chi connectivity index (χ2v) is 8.66. The second-order valence-electron chi connectivity index (χ2n) is 7.43. The molecule has 2 heterocycles. The summed E-state index contributed by atoms with van der Waals surface area (Å²) in [5, 5.41) is 3.47. The lowest BCUT2D eigenvalue weighted by molar-refractivity contribution is -0.118. The molecule has 2 aromatic heterocycles. The van der Waals surface area contributed by atoms with Crippen molar-refractivity contribution in [2.24, 2.45) is 0 Å². The number of hydrogen-bond donors (Lipinski definition) is 1. The number of benzene rings is 1. The van der Waals surface area contributed by atoms with Crippen molar-refractivity contribution in [3.63, 3.8) is 0 Å². The minimum Gasteiger partial charge on any atom is -0.464 e. The number of rotatable bonds is 6. The van der Waals surface area contributed by atoms with Gasteiger partial charge in [-0.2, -0.15) is 0 Å². The number of terminal acetylenes is 1. The first-order valence-electron chi connectivity index (χ1n) is 9.07. The highest BCUT2D eigenvalue weighted by atomic mass is 32.1. The summed E-state index contributed by atoms with van der Waals surface area (Å²) in [6.07, 6.45) is 7.18. The Kier molecular flexibility index (Phi) is 5.45. The molecule has 1 amide bonds. The number of furan rings is 1. The fourth-order valence-electron chi connectivity index (χ4n) is 3.14. The number of thiophene rings is 1. The van der Waals surface area contributed by atoms with Gasteiger partial charge in [0.25, 0.3) is 11.7 Å². The van der Waals surface area contributed by atoms with Gasteiger partial charge in [-0.15, -0.1) is 17.8 Å². The van der Waals surface area contributed by atoms with Crippen LogP contribution < -0.4 is 5.32 Å². The highest BCUT2D eigenvalue weighted by Gasteiger charge is 2.29. The molecule has 0 atom stereocenters. The summed E-state index contributed by atoms with van der Waals surface area (Å²) >= 11 is 1.23. The molecule has 5 nitrogen and oxygen atoms in total. The quantitative estimate of drug-likeness (QED) is 0.377. The molecular weight excluding hydrogens is 386 g/mol. The van der Waals surface area contributed by atoms with Crippen LogP contribution in [0.15, 0.2) is 34.9 Å². The molecule has 0 fully saturated rings. The molecule has 0 unspecified atom stereocenters. The summed E-state index contributed by atoms with van der Waals surface area (Å²) in [5.41, 5.74) is 1.48. The van der Waals surface area contributed by atoms with Crippen LogP contribution in [0.3, 0.4) is 0 Å². The summed E-state index contributed by atoms with van der Waals surface area (Å²) < 4.78 is 5.32. The number of hydrogen-bond acceptors (Lipinski definition) is 5. The van der Waals surface area contributed by atoms with Crippen molar-refractivity contribution < 1.29 is 18.8 Å². The Hall–Kier alpha value is -3.17. The van der Waals surface area contributed by atoms with E-state index >= 15 is 0 Å². The maximum absolute atomic E-state index is 12.9. The summed E-state index contributed by atoms with van der Waals surface area (Å²) in [4.78, 5) is 39.1. The van der Waals surface area contributed by atoms with Gasteiger partial charge >= 0.3 is 0 Å². The molecule has 0 bridgehead atoms. The van der Waals surface area contributed by atoms with Crippen LogP contribution in [-0.2, 0) is 11.2 Å². The minimum absolute atomic E-state index is 0.0955. The Labute approximate surface area is 173 Å². The number of aryl methyl sites for hydroxylation is 1. The second kappa shape index (κ2) is 7.69. The van der Waals surface area contributed by atoms with Crippen molar-refractivity contribution >= 4 is 39.8 Å². The van der Waals surface area contributed by atoms with E-state index in [4.69, 9.17) is 10.8 Å². The van der Waals surface area contributed by atoms with Gasteiger partial charge in [-0.25, -0.2) is 0 Å². The van der Waals surface area contributed by atoms with Crippen molar-refractivity contribution in [3.05, 3.63) is 57.0 Å². The molecule has 0 aliphatic heterocycles. The number of nitrogens with one attached hydrogen (secondary N) is 1. The average molecular weight is 407 g/mol. The lowest BCUT2D eigenvalue weighted by Crippen LogP contribution is -2.45. The largest absolute Gasteiger partial charge is 0.464 e. The predicted molar refractivity (Wildman–Crippen MR) is 113 cm³/mol. The van der Waals surface area contributed by atoms with Crippen LogP contribution in [-0.4, -0.2) is 23.0 Å². The highest BCUT2D eigenvalue weighted by Crippen LogP contribution is 2.30. The van der Waals surface area contributed by atoms with E-state index in [0.29, 0.717) is 15.3 Å². The number of Topliss-reactive ketones (excluding diaryl/α,β-unsaturated/α-hetero) is 2. The van der Waals surface area contributed by atoms with E-state index in [1.807, 2.05) is 24.3 Å². The summed E-state index contributed by atoms with van der Waals surface area (Å²) in [7, 11) is 0. The first kappa shape index (κ1) is 20.6. The molecule has 29 heavy (non-hydrogen) atoms. The standard InChI is InChI=1S/C23H21NO4S/c1-6-23(4,5)24-22(27)20(26)19-13(2)21(29-14(19)3)17(25)12-15-7-8-18-16(11-15)9-10-28-18/h1,7-11H,12H2,2-5H3,(H,24,27). The zero-order valence-electron chi connectivity index (χ0n) is 16.7. The van der Waals surface area contributed by atoms with Crippen LogP contribution in [0.4, 0.5) is 0 Å². The molecule has 1 N–H and O–H groups in total. The Morgan fingerprint density at radius 3 is 2.62 bits per heavy atom. The number of carbonyl (C=O) groups excluding carboxylic acids is 3. The van der Waals surface area contributed by atoms with Gasteiger partial charge in [0.15, 0.2) is 5.78 Å². The maximum Gasteiger partial charge on any atom is 0.293 e. The number of amides is 1. The van der Waals surface area contributed by atoms with Crippen LogP contribution in [0, 0.1) is 26.2 Å². The van der Waals surface area contributed by atoms with Crippen molar-refractivity contribution in [1.82, 2.24) is 5.32 Å². The van der Waals surface area contributed by atoms with Crippen molar-refractivity contribution in [2.45, 2.75) is 39.7 Å². The predicted octanol–water partition coefficient (Wildman–Crippen LogP) is 4.25. The van der Waals surface area contributed by atoms with E-state index < -0.39 is 17.2 Å². The Bertz CT molecular complexity index is 1170. The molecule has 0 aliphatic carbocycles. The van der Waals surface area contributed by atoms with E-state index in [1.54, 1.807) is 34.0 Å². The van der Waals surface area contributed by atoms with Gasteiger partial charge in [0.2, 0.25) is 0 Å². The Balaban J connectivity index is 1.84. The number of ketones is 2. The first-order chi connectivity index (χ1) is 13.6. The lowest BCUT2D eigenvalue weighted by Gasteiger charge is -2.18. The van der Waals surface area contributed by atoms with Gasteiger partial charge in [0.1, 0.15) is 5.58 Å². The van der Waals surface area contributed by atoms with E-state index in [1.165, 1.54) is 11.3 Å². The average Bonchev–Trinajstić information content (AvgIpc) is 3.24. The summed E-state index contributed by atoms with van der Waals surface area (Å²) in [6.45, 7) is 6.70. The summed E-state index contributed by atoms with van der Waals surface area (Å²) in [6, 6.07) is 7.43. The Morgan fingerprint density at radius 2 is 1.93 bits per heavy atom. The van der Waals surface area contributed by atoms with E-state index in [-0.39, 0.29) is 17.8 Å². The molecule has 3 rings (SSSR count). The van der Waals surface area contributed by atoms with Gasteiger partial charge in [-0.1, -0.05) is 12.0 Å². The molecule has 0 saturated heterocycles. The normalized spacial score (nSPS) is 11.3. The SMILES string of the molecule is C#CC(C)(C)NC(=O)C(=O)c1c(C)sc(C(=O)Cc2ccc3occc3c2)c1C. The molecule has 148 valence electrons. The van der Waals surface area contributed by atoms with Gasteiger partial charge in [-0.05, 0) is 57.0 Å². The number of fused-ring (bicyclic) bond motifs is 1. The van der Waals surface area contributed by atoms with Crippen molar-refractivity contribution in [2.75, 3.05) is 0 Å². The molecule has 0 saturated carbocycles. The van der Waals surface area contributed by atoms with Gasteiger partial charge in [0, 0.05) is 22.2 Å². The zero-order valence-corrected chi connectivity index (χ0v) is 17.5. The maximum atomic E-state index is 12.9. The van der Waals surface area contributed by atoms with E-state index in [2.05, 4.69) is 11.2 Å². The topological polar surface area (TPSA) is 76.4 Å². The fourth-order valence-corrected chi connectivity index (χ4v) is 4.23. The van der Waals surface area contributed by atoms with Crippen LogP contribution in [0.25, 0.3) is 11.0 Å². The van der Waals surface area contributed by atoms with Crippen LogP contribution in [0.1, 0.15) is 49.9 Å². The Morgan fingerprint density at radius 1 is 1.21 bits per heavy atom. The van der Waals surface area contributed by atoms with Crippen LogP contribution in [0.5, 0.6) is 0 Å². The number of carbonyl (C=O) groups is 3. The van der Waals surface area contributed by atoms with Gasteiger partial charge in [0.05, 0.1) is 16.7 Å². The molecule has 6 heteroatoms. The van der Waals surface area contributed by atoms with E-state index in [9.17, 15) is 14.4 Å². The third-order valence-electron chi connectivity index (χ3n) is 4.68. The third-order valence-corrected chi connectivity index (χ3v) is 5.93. The van der Waals surface area contributed by atoms with Crippen molar-refractivity contribution in [1.29, 1.82) is 0 Å². The molecule has 3 aromatic rings. The monoisotopic (exact) mass is 407 g/mol. The smallest absolute Gasteiger partial charge is 0.293 e. The highest BCUT2D eigenvalue weighted by molar-refractivity contribution is 7.14. The fraction of sp³-hybridized carbons (Fsp3) is 0.261. The lowest BCUT2D eigenvalue weighted by atomic mass is 10.00. The third kappa shape index (κ3) is 4.15. The van der Waals surface area contributed by atoms with Crippen molar-refractivity contribution in [3.8, 4) is 12.3 Å². The van der Waals surface area contributed by atoms with E-state index in [0.717, 1.165) is 16.5 Å².